The fourth-order valence-electron chi connectivity index (χ4n) is 1.21. The molecule has 0 fully saturated rings. The van der Waals surface area contributed by atoms with Gasteiger partial charge >= 0.3 is 6.18 Å². The molecule has 0 aliphatic heterocycles. The molecular weight excluding hydrogens is 273 g/mol. The predicted molar refractivity (Wildman–Crippen MR) is 65.0 cm³/mol. The minimum absolute atomic E-state index is 0.0769. The van der Waals surface area contributed by atoms with E-state index in [1.807, 2.05) is 0 Å². The first kappa shape index (κ1) is 15.3. The molecule has 0 aromatic heterocycles. The van der Waals surface area contributed by atoms with Gasteiger partial charge in [0, 0.05) is 0 Å². The lowest BCUT2D eigenvalue weighted by Gasteiger charge is -2.13. The Bertz CT molecular complexity index is 580. The normalized spacial score (nSPS) is 10.1. The van der Waals surface area contributed by atoms with E-state index in [0.29, 0.717) is 0 Å². The smallest absolute Gasteiger partial charge is 0.422 e. The zero-order valence-corrected chi connectivity index (χ0v) is 10.3. The first-order valence-corrected chi connectivity index (χ1v) is 5.30. The maximum absolute atomic E-state index is 12.1. The average Bonchev–Trinajstić information content (AvgIpc) is 2.38. The fraction of sp³-hybridized carbons (Fsp3) is 0.250. The van der Waals surface area contributed by atoms with Crippen LogP contribution in [-0.2, 0) is 0 Å². The second kappa shape index (κ2) is 6.43. The summed E-state index contributed by atoms with van der Waals surface area (Å²) in [4.78, 5) is 0. The van der Waals surface area contributed by atoms with Gasteiger partial charge in [-0.15, -0.1) is 0 Å². The van der Waals surface area contributed by atoms with Crippen LogP contribution in [0.1, 0.15) is 5.56 Å². The minimum atomic E-state index is -4.46. The van der Waals surface area contributed by atoms with Gasteiger partial charge in [0.05, 0.1) is 5.69 Å². The monoisotopic (exact) mass is 282 g/mol. The Morgan fingerprint density at radius 1 is 1.35 bits per heavy atom. The molecule has 1 rings (SSSR count). The second-order valence-corrected chi connectivity index (χ2v) is 3.70. The van der Waals surface area contributed by atoms with Crippen molar-refractivity contribution in [3.63, 3.8) is 0 Å². The van der Waals surface area contributed by atoms with Crippen LogP contribution in [0.2, 0.25) is 0 Å². The van der Waals surface area contributed by atoms with E-state index in [2.05, 4.69) is 15.3 Å². The number of halogens is 3. The SMILES string of the molecule is Cc1ccc(OCC(F)(F)F)c(NN=C(C#N)C#N)c1. The molecule has 0 atom stereocenters. The van der Waals surface area contributed by atoms with E-state index in [4.69, 9.17) is 10.5 Å². The van der Waals surface area contributed by atoms with Crippen molar-refractivity contribution in [1.82, 2.24) is 0 Å². The van der Waals surface area contributed by atoms with Gasteiger partial charge in [-0.1, -0.05) is 6.07 Å². The zero-order chi connectivity index (χ0) is 15.2. The van der Waals surface area contributed by atoms with Crippen molar-refractivity contribution in [1.29, 1.82) is 10.5 Å². The summed E-state index contributed by atoms with van der Waals surface area (Å²) in [5.74, 6) is -0.0769. The van der Waals surface area contributed by atoms with Crippen molar-refractivity contribution in [3.8, 4) is 17.9 Å². The molecule has 1 aromatic carbocycles. The average molecular weight is 282 g/mol. The van der Waals surface area contributed by atoms with Crippen LogP contribution in [0.25, 0.3) is 0 Å². The number of hydrogen-bond acceptors (Lipinski definition) is 5. The summed E-state index contributed by atoms with van der Waals surface area (Å²) in [6.45, 7) is 0.274. The van der Waals surface area contributed by atoms with E-state index in [1.165, 1.54) is 24.3 Å². The summed E-state index contributed by atoms with van der Waals surface area (Å²) in [6, 6.07) is 7.43. The summed E-state index contributed by atoms with van der Waals surface area (Å²) >= 11 is 0. The summed E-state index contributed by atoms with van der Waals surface area (Å²) in [5, 5.41) is 20.5. The Labute approximate surface area is 112 Å². The largest absolute Gasteiger partial charge is 0.482 e. The number of alkyl halides is 3. The molecule has 0 aliphatic carbocycles. The molecule has 1 N–H and O–H groups in total. The second-order valence-electron chi connectivity index (χ2n) is 3.70. The van der Waals surface area contributed by atoms with Crippen LogP contribution < -0.4 is 10.2 Å². The number of benzene rings is 1. The molecular formula is C12H9F3N4O. The molecule has 5 nitrogen and oxygen atoms in total. The highest BCUT2D eigenvalue weighted by Crippen LogP contribution is 2.27. The molecule has 0 spiro atoms. The third-order valence-electron chi connectivity index (χ3n) is 2.03. The van der Waals surface area contributed by atoms with Crippen molar-refractivity contribution in [3.05, 3.63) is 23.8 Å². The van der Waals surface area contributed by atoms with E-state index in [-0.39, 0.29) is 11.4 Å². The highest BCUT2D eigenvalue weighted by molar-refractivity contribution is 6.10. The van der Waals surface area contributed by atoms with Gasteiger partial charge in [0.25, 0.3) is 0 Å². The van der Waals surface area contributed by atoms with Crippen LogP contribution in [0.3, 0.4) is 0 Å². The molecule has 0 bridgehead atoms. The quantitative estimate of drug-likeness (QED) is 0.680. The molecule has 20 heavy (non-hydrogen) atoms. The lowest BCUT2D eigenvalue weighted by atomic mass is 10.2. The summed E-state index contributed by atoms with van der Waals surface area (Å²) in [7, 11) is 0. The third-order valence-corrected chi connectivity index (χ3v) is 2.03. The molecule has 0 unspecified atom stereocenters. The lowest BCUT2D eigenvalue weighted by molar-refractivity contribution is -0.153. The Morgan fingerprint density at radius 3 is 2.55 bits per heavy atom. The number of nitriles is 2. The van der Waals surface area contributed by atoms with E-state index in [0.717, 1.165) is 5.56 Å². The summed E-state index contributed by atoms with van der Waals surface area (Å²) in [5.41, 5.74) is 2.78. The van der Waals surface area contributed by atoms with Gasteiger partial charge in [0.1, 0.15) is 17.9 Å². The van der Waals surface area contributed by atoms with Gasteiger partial charge < -0.3 is 4.74 Å². The highest BCUT2D eigenvalue weighted by Gasteiger charge is 2.28. The topological polar surface area (TPSA) is 81.2 Å². The molecule has 0 saturated heterocycles. The number of hydrazone groups is 1. The Kier molecular flexibility index (Phi) is 4.93. The number of aryl methyl sites for hydroxylation is 1. The number of nitrogens with zero attached hydrogens (tertiary/aromatic N) is 3. The highest BCUT2D eigenvalue weighted by atomic mass is 19.4. The molecule has 0 heterocycles. The number of nitrogens with one attached hydrogen (secondary N) is 1. The van der Waals surface area contributed by atoms with E-state index in [9.17, 15) is 13.2 Å². The van der Waals surface area contributed by atoms with E-state index < -0.39 is 18.5 Å². The van der Waals surface area contributed by atoms with Crippen LogP contribution >= 0.6 is 0 Å². The van der Waals surface area contributed by atoms with Gasteiger partial charge in [-0.25, -0.2) is 0 Å². The summed E-state index contributed by atoms with van der Waals surface area (Å²) < 4.78 is 41.0. The maximum atomic E-state index is 12.1. The minimum Gasteiger partial charge on any atom is -0.482 e. The lowest BCUT2D eigenvalue weighted by Crippen LogP contribution is -2.19. The molecule has 8 heteroatoms. The van der Waals surface area contributed by atoms with Crippen molar-refractivity contribution in [2.75, 3.05) is 12.0 Å². The number of hydrogen-bond donors (Lipinski definition) is 1. The van der Waals surface area contributed by atoms with Crippen LogP contribution in [-0.4, -0.2) is 18.5 Å². The van der Waals surface area contributed by atoms with Crippen LogP contribution in [0, 0.1) is 29.6 Å². The molecule has 0 saturated carbocycles. The molecule has 0 radical (unpaired) electrons. The first-order chi connectivity index (χ1) is 9.35. The number of ether oxygens (including phenoxy) is 1. The van der Waals surface area contributed by atoms with Crippen LogP contribution in [0.5, 0.6) is 5.75 Å². The third kappa shape index (κ3) is 4.86. The van der Waals surface area contributed by atoms with Gasteiger partial charge in [-0.2, -0.15) is 28.8 Å². The van der Waals surface area contributed by atoms with Crippen molar-refractivity contribution in [2.45, 2.75) is 13.1 Å². The zero-order valence-electron chi connectivity index (χ0n) is 10.3. The number of rotatable bonds is 4. The summed E-state index contributed by atoms with van der Waals surface area (Å²) in [6.07, 6.45) is -4.46. The van der Waals surface area contributed by atoms with Gasteiger partial charge in [0.2, 0.25) is 5.71 Å². The standard InChI is InChI=1S/C12H9F3N4O/c1-8-2-3-11(20-7-12(13,14)15)10(4-8)19-18-9(5-16)6-17/h2-4,19H,7H2,1H3. The van der Waals surface area contributed by atoms with Gasteiger partial charge in [-0.05, 0) is 24.6 Å². The fourth-order valence-corrected chi connectivity index (χ4v) is 1.21. The predicted octanol–water partition coefficient (Wildman–Crippen LogP) is 2.75. The maximum Gasteiger partial charge on any atom is 0.422 e. The molecule has 0 aliphatic rings. The van der Waals surface area contributed by atoms with E-state index in [1.54, 1.807) is 13.0 Å². The molecule has 0 amide bonds. The van der Waals surface area contributed by atoms with Crippen molar-refractivity contribution in [2.24, 2.45) is 5.10 Å². The van der Waals surface area contributed by atoms with Crippen LogP contribution in [0.4, 0.5) is 18.9 Å². The van der Waals surface area contributed by atoms with Crippen LogP contribution in [0.15, 0.2) is 23.3 Å². The first-order valence-electron chi connectivity index (χ1n) is 5.30. The van der Waals surface area contributed by atoms with E-state index >= 15 is 0 Å². The Balaban J connectivity index is 2.94. The molecule has 104 valence electrons. The van der Waals surface area contributed by atoms with Gasteiger partial charge in [0.15, 0.2) is 6.61 Å². The number of anilines is 1. The molecule has 1 aromatic rings. The Morgan fingerprint density at radius 2 is 2.00 bits per heavy atom. The van der Waals surface area contributed by atoms with Gasteiger partial charge in [-0.3, -0.25) is 5.43 Å². The van der Waals surface area contributed by atoms with Crippen molar-refractivity contribution < 1.29 is 17.9 Å². The van der Waals surface area contributed by atoms with Crippen molar-refractivity contribution >= 4 is 11.4 Å². The Hall–Kier alpha value is -2.74.